The average molecular weight is 654 g/mol. The summed E-state index contributed by atoms with van der Waals surface area (Å²) >= 11 is 0. The molecule has 0 aromatic heterocycles. The van der Waals surface area contributed by atoms with Crippen LogP contribution in [-0.4, -0.2) is 36.0 Å². The van der Waals surface area contributed by atoms with Crippen LogP contribution in [0.25, 0.3) is 0 Å². The zero-order chi connectivity index (χ0) is 32.1. The van der Waals surface area contributed by atoms with E-state index in [4.69, 9.17) is 4.74 Å². The molecule has 2 aromatic carbocycles. The molecule has 0 unspecified atom stereocenters. The van der Waals surface area contributed by atoms with Gasteiger partial charge in [0.1, 0.15) is 12.6 Å². The smallest absolute Gasteiger partial charge is 0.250 e. The minimum Gasteiger partial charge on any atom is -0.383 e. The highest BCUT2D eigenvalue weighted by Gasteiger charge is 2.82. The molecule has 8 aliphatic carbocycles. The third-order valence-electron chi connectivity index (χ3n) is 15.0. The molecule has 9 aliphatic rings. The first-order chi connectivity index (χ1) is 22.8. The number of fused-ring (bicyclic) bond motifs is 1. The van der Waals surface area contributed by atoms with Gasteiger partial charge in [0, 0.05) is 18.8 Å². The lowest BCUT2D eigenvalue weighted by Crippen LogP contribution is -2.64. The molecule has 3 nitrogen and oxygen atoms in total. The van der Waals surface area contributed by atoms with Crippen LogP contribution in [0.4, 0.5) is 11.4 Å². The number of nitrogens with zero attached hydrogens (tertiary/aromatic N) is 1. The van der Waals surface area contributed by atoms with Crippen LogP contribution in [0.15, 0.2) is 42.5 Å². The van der Waals surface area contributed by atoms with Gasteiger partial charge in [-0.1, -0.05) is 58.0 Å². The second kappa shape index (κ2) is 11.5. The third kappa shape index (κ3) is 4.56. The second-order valence-corrected chi connectivity index (χ2v) is 22.8. The van der Waals surface area contributed by atoms with Crippen molar-refractivity contribution >= 4 is 23.9 Å². The first kappa shape index (κ1) is 31.4. The van der Waals surface area contributed by atoms with Gasteiger partial charge in [-0.2, -0.15) is 0 Å². The third-order valence-corrected chi connectivity index (χ3v) is 21.3. The van der Waals surface area contributed by atoms with E-state index in [1.54, 1.807) is 5.69 Å². The van der Waals surface area contributed by atoms with Gasteiger partial charge in [-0.05, 0) is 155 Å². The van der Waals surface area contributed by atoms with E-state index < -0.39 is 7.26 Å². The summed E-state index contributed by atoms with van der Waals surface area (Å²) < 4.78 is 7.47. The molecule has 4 heteroatoms. The van der Waals surface area contributed by atoms with Crippen LogP contribution in [0.1, 0.15) is 135 Å². The van der Waals surface area contributed by atoms with Crippen LogP contribution >= 0.6 is 7.26 Å². The summed E-state index contributed by atoms with van der Waals surface area (Å²) in [5, 5.41) is 6.88. The van der Waals surface area contributed by atoms with E-state index in [1.807, 2.05) is 5.30 Å². The Kier molecular flexibility index (Phi) is 7.67. The Labute approximate surface area is 286 Å². The maximum absolute atomic E-state index is 7.47. The Morgan fingerprint density at radius 3 is 1.62 bits per heavy atom. The van der Waals surface area contributed by atoms with Gasteiger partial charge in [-0.25, -0.2) is 0 Å². The van der Waals surface area contributed by atoms with Crippen molar-refractivity contribution in [3.05, 3.63) is 53.6 Å². The minimum absolute atomic E-state index is 0.254. The molecule has 0 amide bonds. The summed E-state index contributed by atoms with van der Waals surface area (Å²) in [5.41, 5.74) is 5.88. The van der Waals surface area contributed by atoms with Gasteiger partial charge in [-0.15, -0.1) is 0 Å². The molecule has 0 radical (unpaired) electrons. The topological polar surface area (TPSA) is 24.5 Å². The van der Waals surface area contributed by atoms with Gasteiger partial charge in [0.2, 0.25) is 5.97 Å². The van der Waals surface area contributed by atoms with E-state index in [-0.39, 0.29) is 5.97 Å². The van der Waals surface area contributed by atoms with Crippen LogP contribution in [0.5, 0.6) is 0 Å². The van der Waals surface area contributed by atoms with Crippen molar-refractivity contribution in [2.24, 2.45) is 35.5 Å². The summed E-state index contributed by atoms with van der Waals surface area (Å²) in [6, 6.07) is 17.0. The molecule has 0 saturated heterocycles. The highest BCUT2D eigenvalue weighted by atomic mass is 31.2. The Hall–Kier alpha value is -1.57. The summed E-state index contributed by atoms with van der Waals surface area (Å²) in [5.74, 6) is 7.09. The fourth-order valence-corrected chi connectivity index (χ4v) is 23.0. The van der Waals surface area contributed by atoms with Crippen molar-refractivity contribution in [1.29, 1.82) is 0 Å². The van der Waals surface area contributed by atoms with Gasteiger partial charge < -0.3 is 15.0 Å². The number of benzene rings is 2. The molecular weight excluding hydrogens is 591 g/mol. The molecule has 1 aliphatic heterocycles. The molecule has 1 heterocycles. The number of hydrogen-bond donors (Lipinski definition) is 1. The highest BCUT2D eigenvalue weighted by molar-refractivity contribution is 7.87. The lowest BCUT2D eigenvalue weighted by atomic mass is 9.55. The molecule has 47 heavy (non-hydrogen) atoms. The quantitative estimate of drug-likeness (QED) is 0.258. The Balaban J connectivity index is 1.17. The van der Waals surface area contributed by atoms with E-state index in [1.165, 1.54) is 93.9 Å². The lowest BCUT2D eigenvalue weighted by molar-refractivity contribution is 0.00963. The Bertz CT molecular complexity index is 1350. The predicted molar refractivity (Wildman–Crippen MR) is 201 cm³/mol. The fraction of sp³-hybridized carbons (Fsp3) is 0.721. The number of rotatable bonds is 10. The number of nitrogens with one attached hydrogen (secondary N) is 1. The molecular formula is C43H62N2OP+. The first-order valence-corrected chi connectivity index (χ1v) is 21.8. The van der Waals surface area contributed by atoms with Gasteiger partial charge in [0.15, 0.2) is 0 Å². The molecule has 1 N–H and O–H groups in total. The monoisotopic (exact) mass is 653 g/mol. The number of hydrogen-bond acceptors (Lipinski definition) is 3. The van der Waals surface area contributed by atoms with Crippen molar-refractivity contribution in [2.45, 2.75) is 140 Å². The SMILES string of the molecule is CCO[C@H]1N(CCNc2c(C(C)C)cccc2C(C)C)c2ccccc2[P+]1(C12CC3CC(CC(C3)C1)C2)C12CC3CC(CC(C3)C1)C2. The average Bonchev–Trinajstić information content (AvgIpc) is 3.31. The molecule has 254 valence electrons. The lowest BCUT2D eigenvalue weighted by Gasteiger charge is -2.67. The molecule has 2 aromatic rings. The van der Waals surface area contributed by atoms with Gasteiger partial charge in [0.25, 0.3) is 0 Å². The van der Waals surface area contributed by atoms with E-state index >= 15 is 0 Å². The highest BCUT2D eigenvalue weighted by Crippen LogP contribution is 2.92. The Morgan fingerprint density at radius 1 is 0.702 bits per heavy atom. The van der Waals surface area contributed by atoms with Crippen LogP contribution in [0.2, 0.25) is 0 Å². The summed E-state index contributed by atoms with van der Waals surface area (Å²) in [7, 11) is -1.81. The van der Waals surface area contributed by atoms with Crippen LogP contribution < -0.4 is 15.5 Å². The molecule has 11 rings (SSSR count). The van der Waals surface area contributed by atoms with Crippen LogP contribution in [-0.2, 0) is 4.74 Å². The largest absolute Gasteiger partial charge is 0.383 e. The maximum Gasteiger partial charge on any atom is 0.250 e. The summed E-state index contributed by atoms with van der Waals surface area (Å²) in [6.45, 7) is 14.5. The molecule has 8 saturated carbocycles. The normalized spacial score (nSPS) is 41.0. The van der Waals surface area contributed by atoms with Crippen LogP contribution in [0, 0.1) is 35.5 Å². The van der Waals surface area contributed by atoms with Crippen molar-refractivity contribution in [3.63, 3.8) is 0 Å². The summed E-state index contributed by atoms with van der Waals surface area (Å²) in [6.07, 6.45) is 18.3. The van der Waals surface area contributed by atoms with Crippen LogP contribution in [0.3, 0.4) is 0 Å². The van der Waals surface area contributed by atoms with Gasteiger partial charge in [-0.3, -0.25) is 0 Å². The number of ether oxygens (including phenoxy) is 1. The van der Waals surface area contributed by atoms with Crippen molar-refractivity contribution < 1.29 is 4.74 Å². The Morgan fingerprint density at radius 2 is 1.17 bits per heavy atom. The number of anilines is 2. The zero-order valence-electron chi connectivity index (χ0n) is 30.1. The first-order valence-electron chi connectivity index (χ1n) is 20.0. The van der Waals surface area contributed by atoms with E-state index in [0.717, 1.165) is 55.2 Å². The molecule has 8 bridgehead atoms. The maximum atomic E-state index is 7.47. The molecule has 0 spiro atoms. The molecule has 8 fully saturated rings. The van der Waals surface area contributed by atoms with Crippen molar-refractivity contribution in [1.82, 2.24) is 0 Å². The molecule has 1 atom stereocenters. The van der Waals surface area contributed by atoms with Crippen molar-refractivity contribution in [2.75, 3.05) is 29.9 Å². The standard InChI is InChI=1S/C43H62N2OP/c1-6-46-41-45(15-14-44-40-36(28(2)3)10-9-11-37(40)29(4)5)38-12-7-8-13-39(38)47(41,42-22-30-16-31(23-42)18-32(17-30)24-42)43-25-33-19-34(26-43)21-35(20-33)27-43/h7-13,28-35,41,44H,6,14-27H2,1-5H3/q+1/t30?,31?,32?,33?,34?,35?,41-,42?,43?,47?/m1/s1. The van der Waals surface area contributed by atoms with Crippen molar-refractivity contribution in [3.8, 4) is 0 Å². The zero-order valence-corrected chi connectivity index (χ0v) is 31.0. The van der Waals surface area contributed by atoms with Gasteiger partial charge >= 0.3 is 0 Å². The predicted octanol–water partition coefficient (Wildman–Crippen LogP) is 10.8. The summed E-state index contributed by atoms with van der Waals surface area (Å²) in [4.78, 5) is 2.88. The number of para-hydroxylation sites is 2. The minimum atomic E-state index is -1.81. The van der Waals surface area contributed by atoms with E-state index in [9.17, 15) is 0 Å². The fourth-order valence-electron chi connectivity index (χ4n) is 14.6. The van der Waals surface area contributed by atoms with Gasteiger partial charge in [0.05, 0.1) is 22.6 Å². The van der Waals surface area contributed by atoms with E-state index in [2.05, 4.69) is 87.3 Å². The van der Waals surface area contributed by atoms with E-state index in [0.29, 0.717) is 22.1 Å². The second-order valence-electron chi connectivity index (χ2n) is 18.5.